The number of carbonyl (C=O) groups is 2. The number of benzene rings is 2. The molecule has 2 amide bonds. The van der Waals surface area contributed by atoms with Gasteiger partial charge in [-0.3, -0.25) is 9.59 Å². The first-order valence-corrected chi connectivity index (χ1v) is 13.9. The van der Waals surface area contributed by atoms with E-state index >= 15 is 0 Å². The Labute approximate surface area is 207 Å². The monoisotopic (exact) mass is 495 g/mol. The predicted molar refractivity (Wildman–Crippen MR) is 136 cm³/mol. The number of piperidine rings is 1. The molecule has 0 spiro atoms. The molecular weight excluding hydrogens is 462 g/mol. The molecule has 8 heteroatoms. The molecule has 5 rings (SSSR count). The minimum Gasteiger partial charge on any atom is -0.326 e. The zero-order valence-electron chi connectivity index (χ0n) is 20.6. The van der Waals surface area contributed by atoms with Gasteiger partial charge >= 0.3 is 0 Å². The van der Waals surface area contributed by atoms with Crippen molar-refractivity contribution in [3.63, 3.8) is 0 Å². The fraction of sp³-hybridized carbons (Fsp3) is 0.481. The number of nitrogens with zero attached hydrogens (tertiary/aromatic N) is 2. The van der Waals surface area contributed by atoms with E-state index in [1.54, 1.807) is 18.2 Å². The summed E-state index contributed by atoms with van der Waals surface area (Å²) in [6.45, 7) is 6.54. The standard InChI is InChI=1S/C27H33N3O4S/c1-17-6-4-8-24(19(17)3)28-26(31)21-7-5-13-29(16-21)35(33,34)23-11-12-25-22(15-23)14-18(2)30(25)27(32)20-9-10-20/h4,6,8,11-12,15,18,20-21H,5,7,9-10,13-14,16H2,1-3H3,(H,28,31). The Bertz CT molecular complexity index is 1290. The molecule has 1 aliphatic carbocycles. The highest BCUT2D eigenvalue weighted by Crippen LogP contribution is 2.40. The van der Waals surface area contributed by atoms with Crippen LogP contribution in [0.3, 0.4) is 0 Å². The Morgan fingerprint density at radius 3 is 2.54 bits per heavy atom. The molecule has 2 unspecified atom stereocenters. The molecular formula is C27H33N3O4S. The van der Waals surface area contributed by atoms with Crippen LogP contribution in [0.4, 0.5) is 11.4 Å². The predicted octanol–water partition coefficient (Wildman–Crippen LogP) is 4.03. The van der Waals surface area contributed by atoms with Gasteiger partial charge in [-0.05, 0) is 93.8 Å². The van der Waals surface area contributed by atoms with Crippen LogP contribution < -0.4 is 10.2 Å². The smallest absolute Gasteiger partial charge is 0.243 e. The fourth-order valence-electron chi connectivity index (χ4n) is 5.28. The van der Waals surface area contributed by atoms with Gasteiger partial charge < -0.3 is 10.2 Å². The van der Waals surface area contributed by atoms with E-state index in [0.717, 1.165) is 40.9 Å². The van der Waals surface area contributed by atoms with Gasteiger partial charge in [-0.25, -0.2) is 8.42 Å². The van der Waals surface area contributed by atoms with Crippen molar-refractivity contribution < 1.29 is 18.0 Å². The Morgan fingerprint density at radius 2 is 1.80 bits per heavy atom. The zero-order valence-corrected chi connectivity index (χ0v) is 21.4. The summed E-state index contributed by atoms with van der Waals surface area (Å²) < 4.78 is 28.5. The molecule has 2 aromatic rings. The van der Waals surface area contributed by atoms with Gasteiger partial charge in [0.1, 0.15) is 0 Å². The van der Waals surface area contributed by atoms with E-state index in [0.29, 0.717) is 25.8 Å². The van der Waals surface area contributed by atoms with Crippen molar-refractivity contribution in [3.05, 3.63) is 53.1 Å². The minimum atomic E-state index is -3.75. The molecule has 1 saturated carbocycles. The number of nitrogens with one attached hydrogen (secondary N) is 1. The van der Waals surface area contributed by atoms with Crippen LogP contribution in [0.2, 0.25) is 0 Å². The van der Waals surface area contributed by atoms with Crippen molar-refractivity contribution in [1.29, 1.82) is 0 Å². The summed E-state index contributed by atoms with van der Waals surface area (Å²) >= 11 is 0. The Kier molecular flexibility index (Phi) is 6.21. The van der Waals surface area contributed by atoms with Crippen molar-refractivity contribution in [2.24, 2.45) is 11.8 Å². The van der Waals surface area contributed by atoms with Crippen LogP contribution in [0, 0.1) is 25.7 Å². The molecule has 35 heavy (non-hydrogen) atoms. The summed E-state index contributed by atoms with van der Waals surface area (Å²) in [6.07, 6.45) is 3.82. The molecule has 7 nitrogen and oxygen atoms in total. The number of sulfonamides is 1. The summed E-state index contributed by atoms with van der Waals surface area (Å²) in [6, 6.07) is 10.9. The highest BCUT2D eigenvalue weighted by Gasteiger charge is 2.40. The molecule has 2 aliphatic heterocycles. The van der Waals surface area contributed by atoms with Crippen LogP contribution in [0.5, 0.6) is 0 Å². The largest absolute Gasteiger partial charge is 0.326 e. The highest BCUT2D eigenvalue weighted by atomic mass is 32.2. The van der Waals surface area contributed by atoms with Crippen LogP contribution in [-0.2, 0) is 26.0 Å². The first-order chi connectivity index (χ1) is 16.7. The lowest BCUT2D eigenvalue weighted by molar-refractivity contribution is -0.121. The summed E-state index contributed by atoms with van der Waals surface area (Å²) in [5.41, 5.74) is 4.61. The number of hydrogen-bond acceptors (Lipinski definition) is 4. The summed E-state index contributed by atoms with van der Waals surface area (Å²) in [5, 5.41) is 3.00. The van der Waals surface area contributed by atoms with Crippen molar-refractivity contribution in [2.75, 3.05) is 23.3 Å². The Morgan fingerprint density at radius 1 is 1.03 bits per heavy atom. The molecule has 1 N–H and O–H groups in total. The summed E-state index contributed by atoms with van der Waals surface area (Å²) in [4.78, 5) is 27.8. The summed E-state index contributed by atoms with van der Waals surface area (Å²) in [5.74, 6) is -0.275. The maximum Gasteiger partial charge on any atom is 0.243 e. The lowest BCUT2D eigenvalue weighted by atomic mass is 9.98. The second-order valence-electron chi connectivity index (χ2n) is 10.3. The molecule has 2 atom stereocenters. The van der Waals surface area contributed by atoms with Crippen molar-refractivity contribution in [3.8, 4) is 0 Å². The van der Waals surface area contributed by atoms with Crippen molar-refractivity contribution in [1.82, 2.24) is 4.31 Å². The lowest BCUT2D eigenvalue weighted by Gasteiger charge is -2.31. The second-order valence-corrected chi connectivity index (χ2v) is 12.2. The van der Waals surface area contributed by atoms with Crippen molar-refractivity contribution in [2.45, 2.75) is 63.8 Å². The molecule has 3 aliphatic rings. The number of amides is 2. The van der Waals surface area contributed by atoms with Crippen molar-refractivity contribution >= 4 is 33.2 Å². The molecule has 2 heterocycles. The van der Waals surface area contributed by atoms with Gasteiger partial charge in [0, 0.05) is 36.4 Å². The van der Waals surface area contributed by atoms with Crippen LogP contribution in [0.15, 0.2) is 41.3 Å². The number of aryl methyl sites for hydroxylation is 1. The van der Waals surface area contributed by atoms with Gasteiger partial charge in [0.15, 0.2) is 0 Å². The molecule has 2 fully saturated rings. The number of rotatable bonds is 5. The SMILES string of the molecule is Cc1cccc(NC(=O)C2CCCN(S(=O)(=O)c3ccc4c(c3)CC(C)N4C(=O)C3CC3)C2)c1C. The highest BCUT2D eigenvalue weighted by molar-refractivity contribution is 7.89. The number of fused-ring (bicyclic) bond motifs is 1. The molecule has 0 aromatic heterocycles. The molecule has 2 aromatic carbocycles. The van der Waals surface area contributed by atoms with E-state index in [-0.39, 0.29) is 35.2 Å². The van der Waals surface area contributed by atoms with Gasteiger partial charge in [-0.15, -0.1) is 0 Å². The third kappa shape index (κ3) is 4.49. The fourth-order valence-corrected chi connectivity index (χ4v) is 6.85. The van der Waals surface area contributed by atoms with Crippen LogP contribution in [0.1, 0.15) is 49.3 Å². The van der Waals surface area contributed by atoms with Gasteiger partial charge in [0.2, 0.25) is 21.8 Å². The van der Waals surface area contributed by atoms with Crippen LogP contribution >= 0.6 is 0 Å². The van der Waals surface area contributed by atoms with E-state index in [4.69, 9.17) is 0 Å². The first kappa shape index (κ1) is 24.0. The van der Waals surface area contributed by atoms with E-state index < -0.39 is 15.9 Å². The average Bonchev–Trinajstić information content (AvgIpc) is 3.63. The Balaban J connectivity index is 1.32. The molecule has 0 bridgehead atoms. The van der Waals surface area contributed by atoms with E-state index in [1.807, 2.05) is 43.9 Å². The molecule has 0 radical (unpaired) electrons. The maximum absolute atomic E-state index is 13.5. The molecule has 186 valence electrons. The molecule has 1 saturated heterocycles. The third-order valence-electron chi connectivity index (χ3n) is 7.69. The minimum absolute atomic E-state index is 0.0317. The van der Waals surface area contributed by atoms with E-state index in [1.165, 1.54) is 4.31 Å². The van der Waals surface area contributed by atoms with Gasteiger partial charge in [-0.1, -0.05) is 12.1 Å². The Hall–Kier alpha value is -2.71. The number of carbonyl (C=O) groups excluding carboxylic acids is 2. The second kappa shape index (κ2) is 9.06. The third-order valence-corrected chi connectivity index (χ3v) is 9.55. The maximum atomic E-state index is 13.5. The van der Waals surface area contributed by atoms with Gasteiger partial charge in [0.05, 0.1) is 10.8 Å². The van der Waals surface area contributed by atoms with E-state index in [9.17, 15) is 18.0 Å². The van der Waals surface area contributed by atoms with Crippen LogP contribution in [0.25, 0.3) is 0 Å². The number of anilines is 2. The van der Waals surface area contributed by atoms with Gasteiger partial charge in [0.25, 0.3) is 0 Å². The van der Waals surface area contributed by atoms with E-state index in [2.05, 4.69) is 5.32 Å². The lowest BCUT2D eigenvalue weighted by Crippen LogP contribution is -2.43. The van der Waals surface area contributed by atoms with Crippen LogP contribution in [-0.4, -0.2) is 43.7 Å². The zero-order chi connectivity index (χ0) is 24.9. The average molecular weight is 496 g/mol. The number of hydrogen-bond donors (Lipinski definition) is 1. The normalized spacial score (nSPS) is 22.7. The van der Waals surface area contributed by atoms with Gasteiger partial charge in [-0.2, -0.15) is 4.31 Å². The first-order valence-electron chi connectivity index (χ1n) is 12.5. The summed E-state index contributed by atoms with van der Waals surface area (Å²) in [7, 11) is -3.75. The topological polar surface area (TPSA) is 86.8 Å². The quantitative estimate of drug-likeness (QED) is 0.679.